The number of hydrogen-bond donors (Lipinski definition) is 0. The lowest BCUT2D eigenvalue weighted by Crippen LogP contribution is -2.60. The lowest BCUT2D eigenvalue weighted by Gasteiger charge is -2.43. The predicted octanol–water partition coefficient (Wildman–Crippen LogP) is 2.83. The van der Waals surface area contributed by atoms with Gasteiger partial charge in [-0.2, -0.15) is 0 Å². The molecule has 0 aromatic rings. The van der Waals surface area contributed by atoms with Gasteiger partial charge in [-0.05, 0) is 34.6 Å². The summed E-state index contributed by atoms with van der Waals surface area (Å²) in [7, 11) is 0. The molecule has 0 bridgehead atoms. The fraction of sp³-hybridized carbons (Fsp3) is 0.857. The maximum absolute atomic E-state index is 14.1. The molecule has 1 atom stereocenters. The van der Waals surface area contributed by atoms with Crippen LogP contribution in [0.4, 0.5) is 13.6 Å². The molecule has 0 N–H and O–H groups in total. The number of halogens is 2. The lowest BCUT2D eigenvalue weighted by atomic mass is 9.78. The fourth-order valence-electron chi connectivity index (χ4n) is 2.11. The average molecular weight is 307 g/mol. The van der Waals surface area contributed by atoms with Crippen molar-refractivity contribution in [1.29, 1.82) is 0 Å². The van der Waals surface area contributed by atoms with Crippen LogP contribution in [0.1, 0.15) is 41.0 Å². The summed E-state index contributed by atoms with van der Waals surface area (Å²) < 4.78 is 38.2. The molecule has 1 rings (SSSR count). The van der Waals surface area contributed by atoms with Crippen LogP contribution in [0.15, 0.2) is 0 Å². The van der Waals surface area contributed by atoms with Gasteiger partial charge < -0.3 is 14.4 Å². The van der Waals surface area contributed by atoms with E-state index in [0.717, 1.165) is 11.8 Å². The zero-order chi connectivity index (χ0) is 16.5. The van der Waals surface area contributed by atoms with Crippen molar-refractivity contribution >= 4 is 12.1 Å². The first kappa shape index (κ1) is 17.7. The molecule has 1 amide bonds. The van der Waals surface area contributed by atoms with E-state index < -0.39 is 42.0 Å². The Hall–Kier alpha value is -1.40. The molecule has 1 fully saturated rings. The number of hydrogen-bond acceptors (Lipinski definition) is 4. The second-order valence-corrected chi connectivity index (χ2v) is 6.41. The number of alkyl halides is 2. The molecule has 1 aliphatic rings. The van der Waals surface area contributed by atoms with Gasteiger partial charge in [-0.1, -0.05) is 0 Å². The normalized spacial score (nSPS) is 25.4. The summed E-state index contributed by atoms with van der Waals surface area (Å²) in [5.41, 5.74) is -2.78. The van der Waals surface area contributed by atoms with E-state index in [1.807, 2.05) is 0 Å². The first-order valence-electron chi connectivity index (χ1n) is 6.96. The Kier molecular flexibility index (Phi) is 4.85. The Morgan fingerprint density at radius 3 is 2.33 bits per heavy atom. The Bertz CT molecular complexity index is 420. The van der Waals surface area contributed by atoms with E-state index in [9.17, 15) is 18.4 Å². The maximum Gasteiger partial charge on any atom is 0.410 e. The number of likely N-dealkylation sites (tertiary alicyclic amines) is 1. The van der Waals surface area contributed by atoms with Crippen LogP contribution in [-0.2, 0) is 14.3 Å². The first-order chi connectivity index (χ1) is 9.43. The predicted molar refractivity (Wildman–Crippen MR) is 72.1 cm³/mol. The Labute approximate surface area is 123 Å². The van der Waals surface area contributed by atoms with Crippen LogP contribution in [-0.4, -0.2) is 48.2 Å². The summed E-state index contributed by atoms with van der Waals surface area (Å²) >= 11 is 0. The minimum absolute atomic E-state index is 0.0109. The summed E-state index contributed by atoms with van der Waals surface area (Å²) in [5.74, 6) is -4.22. The molecule has 1 aliphatic heterocycles. The topological polar surface area (TPSA) is 55.8 Å². The zero-order valence-electron chi connectivity index (χ0n) is 13.2. The van der Waals surface area contributed by atoms with Gasteiger partial charge in [-0.15, -0.1) is 0 Å². The number of nitrogens with zero attached hydrogens (tertiary/aromatic N) is 1. The second-order valence-electron chi connectivity index (χ2n) is 6.41. The van der Waals surface area contributed by atoms with Crippen LogP contribution in [0.2, 0.25) is 0 Å². The highest BCUT2D eigenvalue weighted by atomic mass is 19.3. The summed E-state index contributed by atoms with van der Waals surface area (Å²) in [6, 6.07) is 0. The standard InChI is InChI=1S/C14H23F2NO4/c1-6-20-10(18)13(5)9-17(8-7-14(13,15)16)11(19)21-12(2,3)4/h6-9H2,1-5H3. The van der Waals surface area contributed by atoms with E-state index in [2.05, 4.69) is 0 Å². The molecule has 122 valence electrons. The number of carbonyl (C=O) groups excluding carboxylic acids is 2. The van der Waals surface area contributed by atoms with Gasteiger partial charge in [0, 0.05) is 19.5 Å². The van der Waals surface area contributed by atoms with Crippen LogP contribution in [0.3, 0.4) is 0 Å². The van der Waals surface area contributed by atoms with E-state index in [1.165, 1.54) is 0 Å². The SMILES string of the molecule is CCOC(=O)C1(C)CN(C(=O)OC(C)(C)C)CCC1(F)F. The molecule has 0 spiro atoms. The van der Waals surface area contributed by atoms with Gasteiger partial charge in [0.15, 0.2) is 0 Å². The molecule has 0 aliphatic carbocycles. The fourth-order valence-corrected chi connectivity index (χ4v) is 2.11. The van der Waals surface area contributed by atoms with Gasteiger partial charge in [0.25, 0.3) is 5.92 Å². The van der Waals surface area contributed by atoms with E-state index in [1.54, 1.807) is 27.7 Å². The van der Waals surface area contributed by atoms with Gasteiger partial charge in [-0.3, -0.25) is 4.79 Å². The Morgan fingerprint density at radius 2 is 1.86 bits per heavy atom. The summed E-state index contributed by atoms with van der Waals surface area (Å²) in [6.45, 7) is 7.17. The largest absolute Gasteiger partial charge is 0.465 e. The Morgan fingerprint density at radius 1 is 1.29 bits per heavy atom. The third-order valence-corrected chi connectivity index (χ3v) is 3.39. The number of rotatable bonds is 2. The minimum atomic E-state index is -3.22. The summed E-state index contributed by atoms with van der Waals surface area (Å²) in [5, 5.41) is 0. The van der Waals surface area contributed by atoms with Crippen LogP contribution in [0.5, 0.6) is 0 Å². The highest BCUT2D eigenvalue weighted by Crippen LogP contribution is 2.44. The molecular formula is C14H23F2NO4. The van der Waals surface area contributed by atoms with Gasteiger partial charge in [0.2, 0.25) is 0 Å². The lowest BCUT2D eigenvalue weighted by molar-refractivity contribution is -0.195. The zero-order valence-corrected chi connectivity index (χ0v) is 13.2. The van der Waals surface area contributed by atoms with Crippen LogP contribution in [0, 0.1) is 5.41 Å². The minimum Gasteiger partial charge on any atom is -0.465 e. The number of amides is 1. The number of piperidine rings is 1. The molecule has 5 nitrogen and oxygen atoms in total. The molecule has 21 heavy (non-hydrogen) atoms. The number of ether oxygens (including phenoxy) is 2. The smallest absolute Gasteiger partial charge is 0.410 e. The molecule has 1 unspecified atom stereocenters. The van der Waals surface area contributed by atoms with Gasteiger partial charge in [0.1, 0.15) is 11.0 Å². The van der Waals surface area contributed by atoms with E-state index >= 15 is 0 Å². The first-order valence-corrected chi connectivity index (χ1v) is 6.96. The van der Waals surface area contributed by atoms with Gasteiger partial charge in [-0.25, -0.2) is 13.6 Å². The van der Waals surface area contributed by atoms with E-state index in [0.29, 0.717) is 0 Å². The highest BCUT2D eigenvalue weighted by molar-refractivity contribution is 5.79. The third kappa shape index (κ3) is 3.83. The van der Waals surface area contributed by atoms with Crippen molar-refractivity contribution in [1.82, 2.24) is 4.90 Å². The molecule has 0 saturated carbocycles. The highest BCUT2D eigenvalue weighted by Gasteiger charge is 2.60. The molecule has 1 saturated heterocycles. The van der Waals surface area contributed by atoms with Crippen molar-refractivity contribution in [3.8, 4) is 0 Å². The third-order valence-electron chi connectivity index (χ3n) is 3.39. The van der Waals surface area contributed by atoms with Crippen LogP contribution in [0.25, 0.3) is 0 Å². The maximum atomic E-state index is 14.1. The van der Waals surface area contributed by atoms with Gasteiger partial charge in [0.05, 0.1) is 6.61 Å². The van der Waals surface area contributed by atoms with Crippen molar-refractivity contribution in [3.63, 3.8) is 0 Å². The van der Waals surface area contributed by atoms with Crippen molar-refractivity contribution in [2.45, 2.75) is 52.6 Å². The van der Waals surface area contributed by atoms with Crippen LogP contribution < -0.4 is 0 Å². The quantitative estimate of drug-likeness (QED) is 0.736. The number of carbonyl (C=O) groups is 2. The molecular weight excluding hydrogens is 284 g/mol. The number of esters is 1. The van der Waals surface area contributed by atoms with Crippen molar-refractivity contribution in [2.75, 3.05) is 19.7 Å². The van der Waals surface area contributed by atoms with Gasteiger partial charge >= 0.3 is 12.1 Å². The summed E-state index contributed by atoms with van der Waals surface area (Å²) in [4.78, 5) is 25.0. The second kappa shape index (κ2) is 5.77. The molecule has 0 aromatic carbocycles. The van der Waals surface area contributed by atoms with E-state index in [4.69, 9.17) is 9.47 Å². The van der Waals surface area contributed by atoms with Crippen molar-refractivity contribution < 1.29 is 27.8 Å². The van der Waals surface area contributed by atoms with Crippen molar-refractivity contribution in [2.24, 2.45) is 5.41 Å². The van der Waals surface area contributed by atoms with Crippen LogP contribution >= 0.6 is 0 Å². The Balaban J connectivity index is 2.92. The molecule has 7 heteroatoms. The van der Waals surface area contributed by atoms with E-state index in [-0.39, 0.29) is 13.2 Å². The molecule has 0 radical (unpaired) electrons. The average Bonchev–Trinajstić information content (AvgIpc) is 2.30. The monoisotopic (exact) mass is 307 g/mol. The molecule has 1 heterocycles. The van der Waals surface area contributed by atoms with Crippen molar-refractivity contribution in [3.05, 3.63) is 0 Å². The summed E-state index contributed by atoms with van der Waals surface area (Å²) in [6.07, 6.45) is -1.30. The molecule has 0 aromatic heterocycles.